The number of esters is 1. The maximum absolute atomic E-state index is 14.5. The van der Waals surface area contributed by atoms with Gasteiger partial charge in [-0.25, -0.2) is 0 Å². The van der Waals surface area contributed by atoms with Crippen LogP contribution < -0.4 is 5.32 Å². The zero-order valence-electron chi connectivity index (χ0n) is 27.8. The lowest BCUT2D eigenvalue weighted by molar-refractivity contribution is -0.185. The van der Waals surface area contributed by atoms with E-state index in [-0.39, 0.29) is 57.0 Å². The van der Waals surface area contributed by atoms with Crippen LogP contribution in [0.4, 0.5) is 0 Å². The Morgan fingerprint density at radius 2 is 1.65 bits per heavy atom. The molecule has 236 valence electrons. The highest BCUT2D eigenvalue weighted by molar-refractivity contribution is 5.95. The van der Waals surface area contributed by atoms with Crippen LogP contribution in [-0.2, 0) is 23.9 Å². The van der Waals surface area contributed by atoms with Crippen LogP contribution in [0.3, 0.4) is 0 Å². The Morgan fingerprint density at radius 3 is 2.37 bits per heavy atom. The van der Waals surface area contributed by atoms with Crippen molar-refractivity contribution in [3.63, 3.8) is 0 Å². The van der Waals surface area contributed by atoms with Gasteiger partial charge in [-0.1, -0.05) is 60.5 Å². The van der Waals surface area contributed by atoms with Gasteiger partial charge in [0.25, 0.3) is 0 Å². The average Bonchev–Trinajstić information content (AvgIpc) is 3.65. The van der Waals surface area contributed by atoms with Crippen LogP contribution in [0.2, 0.25) is 0 Å². The summed E-state index contributed by atoms with van der Waals surface area (Å²) in [5, 5.41) is 3.23. The molecule has 0 bridgehead atoms. The summed E-state index contributed by atoms with van der Waals surface area (Å²) < 4.78 is 10.1. The summed E-state index contributed by atoms with van der Waals surface area (Å²) in [6.45, 7) is 18.2. The van der Waals surface area contributed by atoms with E-state index in [2.05, 4.69) is 76.8 Å². The summed E-state index contributed by atoms with van der Waals surface area (Å²) >= 11 is 0. The van der Waals surface area contributed by atoms with E-state index in [0.29, 0.717) is 18.1 Å². The molecule has 6 aliphatic carbocycles. The summed E-state index contributed by atoms with van der Waals surface area (Å²) in [5.74, 6) is 0.862. The predicted molar refractivity (Wildman–Crippen MR) is 165 cm³/mol. The first-order valence-electron chi connectivity index (χ1n) is 16.9. The van der Waals surface area contributed by atoms with Gasteiger partial charge in [0.1, 0.15) is 6.10 Å². The van der Waals surface area contributed by atoms with E-state index in [1.165, 1.54) is 31.8 Å². The van der Waals surface area contributed by atoms with Crippen molar-refractivity contribution >= 4 is 17.7 Å². The molecule has 0 aromatic rings. The fourth-order valence-corrected chi connectivity index (χ4v) is 11.5. The van der Waals surface area contributed by atoms with Crippen LogP contribution in [-0.4, -0.2) is 29.8 Å². The van der Waals surface area contributed by atoms with Crippen LogP contribution in [0.25, 0.3) is 0 Å². The predicted octanol–water partition coefficient (Wildman–Crippen LogP) is 7.11. The van der Waals surface area contributed by atoms with E-state index in [4.69, 9.17) is 4.74 Å². The molecular formula is C37H53NO5. The summed E-state index contributed by atoms with van der Waals surface area (Å²) in [4.78, 5) is 39.2. The van der Waals surface area contributed by atoms with Gasteiger partial charge in [0.15, 0.2) is 18.0 Å². The van der Waals surface area contributed by atoms with Crippen LogP contribution in [0, 0.1) is 62.5 Å². The lowest BCUT2D eigenvalue weighted by Gasteiger charge is -2.70. The Hall–Kier alpha value is -2.29. The molecule has 6 nitrogen and oxygen atoms in total. The number of rotatable bonds is 3. The first kappa shape index (κ1) is 30.7. The standard InChI is InChI=1S/C37H53NO5/c1-23(39)42-18-19-43-28-21-26(28)38-31(41)34(5)15-14-33(4)16-17-36(7)24(25(33)22-34)20-27(40)30-35(6)12-9-11-32(2,3)29(35)10-13-37(30,36)8/h20,25-26,28-30H,9-17,21-22H2,1-8H3,(H,38,41)/t25-,26?,28-,29?,30+,33+,34-,35-,36+,37+/m0/s1. The molecule has 2 unspecified atom stereocenters. The van der Waals surface area contributed by atoms with Crippen molar-refractivity contribution in [1.29, 1.82) is 0 Å². The average molecular weight is 592 g/mol. The second kappa shape index (κ2) is 9.85. The molecular weight excluding hydrogens is 538 g/mol. The first-order valence-corrected chi connectivity index (χ1v) is 16.9. The highest BCUT2D eigenvalue weighted by atomic mass is 16.5. The van der Waals surface area contributed by atoms with Gasteiger partial charge in [-0.05, 0) is 103 Å². The lowest BCUT2D eigenvalue weighted by Crippen LogP contribution is -2.65. The zero-order chi connectivity index (χ0) is 31.2. The maximum atomic E-state index is 14.5. The van der Waals surface area contributed by atoms with Crippen LogP contribution >= 0.6 is 0 Å². The first-order chi connectivity index (χ1) is 20.0. The highest BCUT2D eigenvalue weighted by Crippen LogP contribution is 2.75. The molecule has 0 heterocycles. The third kappa shape index (κ3) is 4.61. The van der Waals surface area contributed by atoms with Gasteiger partial charge in [0.2, 0.25) is 5.91 Å². The van der Waals surface area contributed by atoms with Gasteiger partial charge in [-0.2, -0.15) is 0 Å². The van der Waals surface area contributed by atoms with Gasteiger partial charge in [0.05, 0.1) is 6.04 Å². The molecule has 43 heavy (non-hydrogen) atoms. The Kier molecular flexibility index (Phi) is 7.04. The summed E-state index contributed by atoms with van der Waals surface area (Å²) in [6.07, 6.45) is 18.2. The number of hydrogen-bond acceptors (Lipinski definition) is 5. The van der Waals surface area contributed by atoms with E-state index >= 15 is 0 Å². The quantitative estimate of drug-likeness (QED) is 0.279. The fraction of sp³-hybridized carbons (Fsp3) is 0.811. The van der Waals surface area contributed by atoms with E-state index < -0.39 is 11.4 Å². The highest BCUT2D eigenvalue weighted by Gasteiger charge is 2.69. The minimum atomic E-state index is -0.502. The monoisotopic (exact) mass is 591 g/mol. The number of carbonyl (C=O) groups excluding carboxylic acids is 3. The van der Waals surface area contributed by atoms with Crippen molar-refractivity contribution in [3.05, 3.63) is 11.6 Å². The number of amides is 1. The Balaban J connectivity index is 1.25. The number of hydrogen-bond donors (Lipinski definition) is 1. The summed E-state index contributed by atoms with van der Waals surface area (Å²) in [6, 6.07) is -0.0771. The van der Waals surface area contributed by atoms with E-state index in [1.807, 2.05) is 0 Å². The van der Waals surface area contributed by atoms with Gasteiger partial charge >= 0.3 is 5.97 Å². The topological polar surface area (TPSA) is 81.7 Å². The van der Waals surface area contributed by atoms with Crippen molar-refractivity contribution in [1.82, 2.24) is 5.32 Å². The molecule has 0 radical (unpaired) electrons. The van der Waals surface area contributed by atoms with Crippen LogP contribution in [0.15, 0.2) is 11.6 Å². The molecule has 0 saturated heterocycles. The second-order valence-electron chi connectivity index (χ2n) is 17.4. The smallest absolute Gasteiger partial charge is 0.316 e. The second-order valence-corrected chi connectivity index (χ2v) is 17.4. The normalized spacial score (nSPS) is 47.6. The van der Waals surface area contributed by atoms with E-state index in [0.717, 1.165) is 44.9 Å². The zero-order valence-corrected chi connectivity index (χ0v) is 27.8. The number of fused-ring (bicyclic) bond motifs is 7. The van der Waals surface area contributed by atoms with Gasteiger partial charge < -0.3 is 14.8 Å². The van der Waals surface area contributed by atoms with Gasteiger partial charge in [0, 0.05) is 24.7 Å². The van der Waals surface area contributed by atoms with Crippen LogP contribution in [0.1, 0.15) is 126 Å². The maximum Gasteiger partial charge on any atom is 0.316 e. The molecule has 5 saturated carbocycles. The molecule has 6 heteroatoms. The van der Waals surface area contributed by atoms with E-state index in [1.54, 1.807) is 0 Å². The van der Waals surface area contributed by atoms with Crippen molar-refractivity contribution in [2.45, 2.75) is 138 Å². The van der Waals surface area contributed by atoms with Crippen molar-refractivity contribution < 1.29 is 23.9 Å². The van der Waals surface area contributed by atoms with Crippen molar-refractivity contribution in [3.8, 4) is 12.2 Å². The number of nitrogens with one attached hydrogen (secondary N) is 1. The Bertz CT molecular complexity index is 1320. The molecule has 0 aromatic heterocycles. The number of ether oxygens (including phenoxy) is 2. The lowest BCUT2D eigenvalue weighted by atomic mass is 9.33. The van der Waals surface area contributed by atoms with Gasteiger partial charge in [-0.3, -0.25) is 14.4 Å². The molecule has 1 amide bonds. The van der Waals surface area contributed by atoms with Crippen molar-refractivity contribution in [2.24, 2.45) is 50.2 Å². The minimum Gasteiger partial charge on any atom is -0.439 e. The summed E-state index contributed by atoms with van der Waals surface area (Å²) in [5.41, 5.74) is 1.20. The third-order valence-corrected chi connectivity index (χ3v) is 14.4. The third-order valence-electron chi connectivity index (χ3n) is 14.4. The molecule has 6 rings (SSSR count). The molecule has 0 aromatic carbocycles. The molecule has 10 atom stereocenters. The molecule has 6 aliphatic rings. The number of allylic oxidation sites excluding steroid dienone is 2. The Labute approximate surface area is 258 Å². The van der Waals surface area contributed by atoms with E-state index in [9.17, 15) is 14.4 Å². The molecule has 5 fully saturated rings. The SMILES string of the molecule is CC(=O)OC#CO[C@H]1CC1NC(=O)[C@@]1(C)CC[C@]2(C)CC[C@]3(C)C(=CC(=O)[C@@H]4[C@@]5(C)CCCC(C)(C)C5CC[C@]43C)[C@@H]2C1. The number of carbonyl (C=O) groups is 3. The molecule has 0 aliphatic heterocycles. The molecule has 1 N–H and O–H groups in total. The molecule has 0 spiro atoms. The summed E-state index contributed by atoms with van der Waals surface area (Å²) in [7, 11) is 0. The van der Waals surface area contributed by atoms with Crippen LogP contribution in [0.5, 0.6) is 0 Å². The number of ketones is 1. The Morgan fingerprint density at radius 1 is 0.930 bits per heavy atom. The van der Waals surface area contributed by atoms with Crippen molar-refractivity contribution in [2.75, 3.05) is 0 Å². The minimum absolute atomic E-state index is 0.0317. The van der Waals surface area contributed by atoms with Gasteiger partial charge in [-0.15, -0.1) is 0 Å². The largest absolute Gasteiger partial charge is 0.439 e. The fourth-order valence-electron chi connectivity index (χ4n) is 11.5.